The van der Waals surface area contributed by atoms with Gasteiger partial charge in [-0.15, -0.1) is 0 Å². The molecule has 5 heteroatoms. The summed E-state index contributed by atoms with van der Waals surface area (Å²) in [7, 11) is 1.63. The summed E-state index contributed by atoms with van der Waals surface area (Å²) in [5.41, 5.74) is 0.681. The van der Waals surface area contributed by atoms with E-state index < -0.39 is 0 Å². The standard InChI is InChI=1S/C14H19NO4/c1-17-10-11-19-13-4-2-12(3-5-13)14(16)15-6-8-18-9-7-15/h2-5H,6-11H2,1H3. The Bertz CT molecular complexity index is 398. The van der Waals surface area contributed by atoms with Crippen LogP contribution in [-0.2, 0) is 9.47 Å². The van der Waals surface area contributed by atoms with Crippen LogP contribution in [0.5, 0.6) is 5.75 Å². The molecule has 0 N–H and O–H groups in total. The third-order valence-corrected chi connectivity index (χ3v) is 2.96. The summed E-state index contributed by atoms with van der Waals surface area (Å²) < 4.78 is 15.6. The van der Waals surface area contributed by atoms with E-state index in [0.29, 0.717) is 45.1 Å². The minimum Gasteiger partial charge on any atom is -0.491 e. The highest BCUT2D eigenvalue weighted by atomic mass is 16.5. The summed E-state index contributed by atoms with van der Waals surface area (Å²) in [6, 6.07) is 7.20. The number of ether oxygens (including phenoxy) is 3. The van der Waals surface area contributed by atoms with Gasteiger partial charge in [-0.05, 0) is 24.3 Å². The molecule has 0 aromatic heterocycles. The molecule has 0 aliphatic carbocycles. The van der Waals surface area contributed by atoms with Crippen molar-refractivity contribution in [1.82, 2.24) is 4.90 Å². The second kappa shape index (κ2) is 7.11. The van der Waals surface area contributed by atoms with Gasteiger partial charge in [-0.1, -0.05) is 0 Å². The van der Waals surface area contributed by atoms with Gasteiger partial charge in [0.15, 0.2) is 0 Å². The largest absolute Gasteiger partial charge is 0.491 e. The molecule has 0 spiro atoms. The molecule has 0 bridgehead atoms. The number of hydrogen-bond acceptors (Lipinski definition) is 4. The van der Waals surface area contributed by atoms with Gasteiger partial charge in [0, 0.05) is 25.8 Å². The molecule has 104 valence electrons. The van der Waals surface area contributed by atoms with Crippen molar-refractivity contribution in [2.75, 3.05) is 46.6 Å². The number of methoxy groups -OCH3 is 1. The van der Waals surface area contributed by atoms with Crippen LogP contribution in [-0.4, -0.2) is 57.4 Å². The zero-order valence-electron chi connectivity index (χ0n) is 11.1. The molecule has 0 atom stereocenters. The zero-order valence-corrected chi connectivity index (χ0v) is 11.1. The predicted molar refractivity (Wildman–Crippen MR) is 70.5 cm³/mol. The maximum Gasteiger partial charge on any atom is 0.254 e. The van der Waals surface area contributed by atoms with Gasteiger partial charge in [0.2, 0.25) is 0 Å². The number of amides is 1. The Morgan fingerprint density at radius 2 is 1.89 bits per heavy atom. The molecule has 1 saturated heterocycles. The normalized spacial score (nSPS) is 15.3. The predicted octanol–water partition coefficient (Wildman–Crippen LogP) is 1.18. The first-order chi connectivity index (χ1) is 9.31. The first-order valence-electron chi connectivity index (χ1n) is 6.40. The number of nitrogens with zero attached hydrogens (tertiary/aromatic N) is 1. The Kier molecular flexibility index (Phi) is 5.18. The molecular formula is C14H19NO4. The molecular weight excluding hydrogens is 246 g/mol. The zero-order chi connectivity index (χ0) is 13.5. The number of carbonyl (C=O) groups is 1. The molecule has 1 aliphatic rings. The Morgan fingerprint density at radius 1 is 1.21 bits per heavy atom. The van der Waals surface area contributed by atoms with Gasteiger partial charge >= 0.3 is 0 Å². The van der Waals surface area contributed by atoms with Crippen molar-refractivity contribution >= 4 is 5.91 Å². The van der Waals surface area contributed by atoms with E-state index in [9.17, 15) is 4.79 Å². The monoisotopic (exact) mass is 265 g/mol. The van der Waals surface area contributed by atoms with E-state index in [1.54, 1.807) is 19.2 Å². The lowest BCUT2D eigenvalue weighted by molar-refractivity contribution is 0.0303. The Balaban J connectivity index is 1.91. The molecule has 1 heterocycles. The van der Waals surface area contributed by atoms with Crippen LogP contribution in [0.4, 0.5) is 0 Å². The second-order valence-electron chi connectivity index (χ2n) is 4.27. The summed E-state index contributed by atoms with van der Waals surface area (Å²) in [5.74, 6) is 0.794. The van der Waals surface area contributed by atoms with Gasteiger partial charge in [-0.3, -0.25) is 4.79 Å². The van der Waals surface area contributed by atoms with Crippen LogP contribution in [0, 0.1) is 0 Å². The van der Waals surface area contributed by atoms with E-state index in [2.05, 4.69) is 0 Å². The fraction of sp³-hybridized carbons (Fsp3) is 0.500. The van der Waals surface area contributed by atoms with Crippen LogP contribution in [0.3, 0.4) is 0 Å². The third-order valence-electron chi connectivity index (χ3n) is 2.96. The number of morpholine rings is 1. The van der Waals surface area contributed by atoms with E-state index in [1.807, 2.05) is 17.0 Å². The molecule has 5 nitrogen and oxygen atoms in total. The van der Waals surface area contributed by atoms with Gasteiger partial charge in [0.05, 0.1) is 19.8 Å². The summed E-state index contributed by atoms with van der Waals surface area (Å²) in [4.78, 5) is 14.0. The fourth-order valence-corrected chi connectivity index (χ4v) is 1.89. The maximum atomic E-state index is 12.2. The molecule has 1 aromatic carbocycles. The van der Waals surface area contributed by atoms with E-state index >= 15 is 0 Å². The molecule has 0 unspecified atom stereocenters. The second-order valence-corrected chi connectivity index (χ2v) is 4.27. The van der Waals surface area contributed by atoms with Crippen molar-refractivity contribution in [1.29, 1.82) is 0 Å². The first-order valence-corrected chi connectivity index (χ1v) is 6.40. The van der Waals surface area contributed by atoms with Crippen molar-refractivity contribution in [3.05, 3.63) is 29.8 Å². The highest BCUT2D eigenvalue weighted by molar-refractivity contribution is 5.94. The molecule has 0 radical (unpaired) electrons. The minimum atomic E-state index is 0.0479. The van der Waals surface area contributed by atoms with Crippen LogP contribution in [0.25, 0.3) is 0 Å². The summed E-state index contributed by atoms with van der Waals surface area (Å²) >= 11 is 0. The van der Waals surface area contributed by atoms with Crippen molar-refractivity contribution < 1.29 is 19.0 Å². The van der Waals surface area contributed by atoms with E-state index in [1.165, 1.54) is 0 Å². The maximum absolute atomic E-state index is 12.2. The van der Waals surface area contributed by atoms with Gasteiger partial charge in [0.25, 0.3) is 5.91 Å². The minimum absolute atomic E-state index is 0.0479. The molecule has 1 aliphatic heterocycles. The highest BCUT2D eigenvalue weighted by Crippen LogP contribution is 2.14. The van der Waals surface area contributed by atoms with Crippen LogP contribution < -0.4 is 4.74 Å². The summed E-state index contributed by atoms with van der Waals surface area (Å²) in [5, 5.41) is 0. The number of rotatable bonds is 5. The van der Waals surface area contributed by atoms with Crippen LogP contribution in [0.1, 0.15) is 10.4 Å². The average molecular weight is 265 g/mol. The fourth-order valence-electron chi connectivity index (χ4n) is 1.89. The van der Waals surface area contributed by atoms with Crippen molar-refractivity contribution in [2.45, 2.75) is 0 Å². The number of hydrogen-bond donors (Lipinski definition) is 0. The Labute approximate surface area is 113 Å². The van der Waals surface area contributed by atoms with E-state index in [4.69, 9.17) is 14.2 Å². The van der Waals surface area contributed by atoms with Crippen molar-refractivity contribution in [3.8, 4) is 5.75 Å². The molecule has 1 aromatic rings. The molecule has 2 rings (SSSR count). The topological polar surface area (TPSA) is 48.0 Å². The number of carbonyl (C=O) groups excluding carboxylic acids is 1. The van der Waals surface area contributed by atoms with Gasteiger partial charge in [-0.2, -0.15) is 0 Å². The molecule has 1 amide bonds. The SMILES string of the molecule is COCCOc1ccc(C(=O)N2CCOCC2)cc1. The lowest BCUT2D eigenvalue weighted by Gasteiger charge is -2.26. The van der Waals surface area contributed by atoms with Gasteiger partial charge in [0.1, 0.15) is 12.4 Å². The van der Waals surface area contributed by atoms with Crippen LogP contribution in [0.2, 0.25) is 0 Å². The average Bonchev–Trinajstić information content (AvgIpc) is 2.48. The lowest BCUT2D eigenvalue weighted by atomic mass is 10.2. The van der Waals surface area contributed by atoms with Crippen LogP contribution >= 0.6 is 0 Å². The van der Waals surface area contributed by atoms with Crippen molar-refractivity contribution in [3.63, 3.8) is 0 Å². The Morgan fingerprint density at radius 3 is 2.53 bits per heavy atom. The van der Waals surface area contributed by atoms with E-state index in [0.717, 1.165) is 5.75 Å². The summed E-state index contributed by atoms with van der Waals surface area (Å²) in [6.45, 7) is 3.60. The Hall–Kier alpha value is -1.59. The van der Waals surface area contributed by atoms with Gasteiger partial charge < -0.3 is 19.1 Å². The van der Waals surface area contributed by atoms with E-state index in [-0.39, 0.29) is 5.91 Å². The molecule has 0 saturated carbocycles. The number of benzene rings is 1. The highest BCUT2D eigenvalue weighted by Gasteiger charge is 2.18. The molecule has 1 fully saturated rings. The quantitative estimate of drug-likeness (QED) is 0.750. The summed E-state index contributed by atoms with van der Waals surface area (Å²) in [6.07, 6.45) is 0. The van der Waals surface area contributed by atoms with Crippen molar-refractivity contribution in [2.24, 2.45) is 0 Å². The lowest BCUT2D eigenvalue weighted by Crippen LogP contribution is -2.40. The van der Waals surface area contributed by atoms with Crippen LogP contribution in [0.15, 0.2) is 24.3 Å². The third kappa shape index (κ3) is 3.94. The smallest absolute Gasteiger partial charge is 0.254 e. The van der Waals surface area contributed by atoms with Gasteiger partial charge in [-0.25, -0.2) is 0 Å². The molecule has 19 heavy (non-hydrogen) atoms. The first kappa shape index (κ1) is 13.8.